The van der Waals surface area contributed by atoms with Crippen LogP contribution in [0.1, 0.15) is 0 Å². The fourth-order valence-corrected chi connectivity index (χ4v) is 0. The summed E-state index contributed by atoms with van der Waals surface area (Å²) in [5.74, 6) is 0. The van der Waals surface area contributed by atoms with Gasteiger partial charge < -0.3 is 19.1 Å². The Bertz CT molecular complexity index is 9.51. The van der Waals surface area contributed by atoms with E-state index in [0.29, 0.717) is 6.61 Å². The quantitative estimate of drug-likeness (QED) is 0.522. The molecule has 0 aromatic rings. The fourth-order valence-electron chi connectivity index (χ4n) is 0. The third-order valence-corrected chi connectivity index (χ3v) is 0.204. The summed E-state index contributed by atoms with van der Waals surface area (Å²) in [4.78, 5) is 0. The Hall–Kier alpha value is 1.06. The van der Waals surface area contributed by atoms with Gasteiger partial charge in [-0.15, -0.1) is 0 Å². The summed E-state index contributed by atoms with van der Waals surface area (Å²) in [5.41, 5.74) is 0. The van der Waals surface area contributed by atoms with Gasteiger partial charge in [0.15, 0.2) is 0 Å². The first kappa shape index (κ1) is 15.7. The van der Waals surface area contributed by atoms with Crippen molar-refractivity contribution in [3.63, 3.8) is 0 Å². The van der Waals surface area contributed by atoms with E-state index in [1.165, 1.54) is 0 Å². The number of hydrogen-bond donors (Lipinski definition) is 0. The molecule has 0 rings (SSSR count). The van der Waals surface area contributed by atoms with E-state index >= 15 is 0 Å². The van der Waals surface area contributed by atoms with E-state index in [2.05, 4.69) is 11.7 Å². The molecule has 0 aliphatic heterocycles. The van der Waals surface area contributed by atoms with Crippen molar-refractivity contribution in [3.8, 4) is 0 Å². The maximum absolute atomic E-state index is 4.43. The van der Waals surface area contributed by atoms with Gasteiger partial charge in [-0.1, -0.05) is 6.61 Å². The van der Waals surface area contributed by atoms with Gasteiger partial charge in [-0.05, 0) is 0 Å². The van der Waals surface area contributed by atoms with Gasteiger partial charge in [-0.3, -0.25) is 0 Å². The molecule has 0 aromatic carbocycles. The zero-order chi connectivity index (χ0) is 3.41. The summed E-state index contributed by atoms with van der Waals surface area (Å²) >= 11 is 0. The van der Waals surface area contributed by atoms with Gasteiger partial charge in [-0.2, -0.15) is 0 Å². The van der Waals surface area contributed by atoms with Gasteiger partial charge in [0, 0.05) is 39.8 Å². The Balaban J connectivity index is -0.0000000450. The first-order valence-electron chi connectivity index (χ1n) is 1.20. The molecule has 0 fully saturated rings. The van der Waals surface area contributed by atoms with E-state index in [9.17, 15) is 0 Å². The molecule has 0 saturated heterocycles. The average Bonchev–Trinajstić information content (AvgIpc) is 1.37. The molecule has 0 aliphatic carbocycles. The van der Waals surface area contributed by atoms with Gasteiger partial charge in [0.1, 0.15) is 0 Å². The SMILES string of the molecule is [CH2-]COC.[CH3-].[Y]. The summed E-state index contributed by atoms with van der Waals surface area (Å²) < 4.78 is 4.43. The first-order chi connectivity index (χ1) is 1.91. The predicted octanol–water partition coefficient (Wildman–Crippen LogP) is 0.915. The third-order valence-electron chi connectivity index (χ3n) is 0.204. The predicted molar refractivity (Wildman–Crippen MR) is 23.6 cm³/mol. The molecule has 0 unspecified atom stereocenters. The summed E-state index contributed by atoms with van der Waals surface area (Å²) in [5, 5.41) is 0. The molecule has 1 radical (unpaired) electrons. The Kier molecular flexibility index (Phi) is 43.4. The van der Waals surface area contributed by atoms with Gasteiger partial charge >= 0.3 is 0 Å². The smallest absolute Gasteiger partial charge is 0.0319 e. The third kappa shape index (κ3) is 19.6. The molecule has 0 N–H and O–H groups in total. The topological polar surface area (TPSA) is 9.23 Å². The van der Waals surface area contributed by atoms with E-state index < -0.39 is 0 Å². The second-order valence-electron chi connectivity index (χ2n) is 0.493. The molecule has 1 nitrogen and oxygen atoms in total. The maximum Gasteiger partial charge on any atom is 0.0319 e. The fraction of sp³-hybridized carbons (Fsp3) is 0.500. The molecule has 0 bridgehead atoms. The van der Waals surface area contributed by atoms with Gasteiger partial charge in [0.2, 0.25) is 0 Å². The molecule has 6 heavy (non-hydrogen) atoms. The number of rotatable bonds is 1. The van der Waals surface area contributed by atoms with E-state index in [0.717, 1.165) is 0 Å². The molecule has 0 heterocycles. The second kappa shape index (κ2) is 16.6. The summed E-state index contributed by atoms with van der Waals surface area (Å²) in [6, 6.07) is 0. The van der Waals surface area contributed by atoms with Crippen LogP contribution in [0.2, 0.25) is 0 Å². The number of ether oxygens (including phenoxy) is 1. The van der Waals surface area contributed by atoms with Gasteiger partial charge in [-0.25, -0.2) is 0 Å². The zero-order valence-corrected chi connectivity index (χ0v) is 7.24. The molecule has 0 amide bonds. The van der Waals surface area contributed by atoms with Crippen LogP contribution in [0.3, 0.4) is 0 Å². The van der Waals surface area contributed by atoms with Crippen LogP contribution in [0.5, 0.6) is 0 Å². The normalized spacial score (nSPS) is 5.00. The van der Waals surface area contributed by atoms with Crippen molar-refractivity contribution in [2.24, 2.45) is 0 Å². The maximum atomic E-state index is 4.43. The molecular weight excluding hydrogens is 153 g/mol. The minimum absolute atomic E-state index is 0. The van der Waals surface area contributed by atoms with Crippen molar-refractivity contribution in [3.05, 3.63) is 14.4 Å². The van der Waals surface area contributed by atoms with E-state index in [1.807, 2.05) is 0 Å². The Labute approximate surface area is 65.3 Å². The standard InChI is InChI=1S/C3H7O.CH3.Y/c1-3-4-2;;/h1,3H2,2H3;1H3;/q2*-1;. The van der Waals surface area contributed by atoms with Crippen molar-refractivity contribution < 1.29 is 37.4 Å². The molecular formula is C4H10OY-2. The Morgan fingerprint density at radius 3 is 1.83 bits per heavy atom. The monoisotopic (exact) mass is 163 g/mol. The van der Waals surface area contributed by atoms with Gasteiger partial charge in [0.25, 0.3) is 0 Å². The molecule has 0 spiro atoms. The van der Waals surface area contributed by atoms with Crippen molar-refractivity contribution in [2.45, 2.75) is 0 Å². The van der Waals surface area contributed by atoms with Crippen molar-refractivity contribution in [2.75, 3.05) is 13.7 Å². The summed E-state index contributed by atoms with van der Waals surface area (Å²) in [6.07, 6.45) is 0. The van der Waals surface area contributed by atoms with Crippen molar-refractivity contribution >= 4 is 0 Å². The van der Waals surface area contributed by atoms with E-state index in [1.54, 1.807) is 7.11 Å². The van der Waals surface area contributed by atoms with Crippen LogP contribution in [0, 0.1) is 14.4 Å². The summed E-state index contributed by atoms with van der Waals surface area (Å²) in [6.45, 7) is 3.95. The van der Waals surface area contributed by atoms with Crippen LogP contribution in [0.4, 0.5) is 0 Å². The van der Waals surface area contributed by atoms with E-state index in [4.69, 9.17) is 0 Å². The van der Waals surface area contributed by atoms with Gasteiger partial charge in [0.05, 0.1) is 0 Å². The van der Waals surface area contributed by atoms with Crippen molar-refractivity contribution in [1.29, 1.82) is 0 Å². The number of hydrogen-bond acceptors (Lipinski definition) is 1. The second-order valence-corrected chi connectivity index (χ2v) is 0.493. The van der Waals surface area contributed by atoms with E-state index in [-0.39, 0.29) is 40.1 Å². The minimum atomic E-state index is 0. The van der Waals surface area contributed by atoms with Crippen LogP contribution in [-0.2, 0) is 37.4 Å². The Morgan fingerprint density at radius 1 is 1.67 bits per heavy atom. The molecule has 2 heteroatoms. The van der Waals surface area contributed by atoms with Crippen molar-refractivity contribution in [1.82, 2.24) is 0 Å². The first-order valence-corrected chi connectivity index (χ1v) is 1.20. The van der Waals surface area contributed by atoms with Crippen LogP contribution in [0.25, 0.3) is 0 Å². The summed E-state index contributed by atoms with van der Waals surface area (Å²) in [7, 11) is 1.62. The minimum Gasteiger partial charge on any atom is -0.417 e. The average molecular weight is 163 g/mol. The number of methoxy groups -OCH3 is 1. The zero-order valence-electron chi connectivity index (χ0n) is 4.40. The molecule has 0 aromatic heterocycles. The van der Waals surface area contributed by atoms with Crippen LogP contribution in [-0.4, -0.2) is 13.7 Å². The molecule has 0 aliphatic rings. The molecule has 0 atom stereocenters. The largest absolute Gasteiger partial charge is 0.417 e. The van der Waals surface area contributed by atoms with Crippen LogP contribution >= 0.6 is 0 Å². The van der Waals surface area contributed by atoms with Crippen LogP contribution in [0.15, 0.2) is 0 Å². The van der Waals surface area contributed by atoms with Crippen LogP contribution < -0.4 is 0 Å². The molecule has 37 valence electrons. The molecule has 0 saturated carbocycles. The Morgan fingerprint density at radius 2 is 1.83 bits per heavy atom.